The quantitative estimate of drug-likeness (QED) is 0.710. The first kappa shape index (κ1) is 14.9. The number of para-hydroxylation sites is 1. The minimum absolute atomic E-state index is 0.195. The summed E-state index contributed by atoms with van der Waals surface area (Å²) in [6, 6.07) is 14.5. The van der Waals surface area contributed by atoms with Gasteiger partial charge in [0.1, 0.15) is 12.0 Å². The number of thiophene rings is 1. The normalized spacial score (nSPS) is 16.2. The summed E-state index contributed by atoms with van der Waals surface area (Å²) in [6.45, 7) is 1.93. The molecule has 1 aliphatic heterocycles. The van der Waals surface area contributed by atoms with Gasteiger partial charge in [-0.25, -0.2) is 4.39 Å². The van der Waals surface area contributed by atoms with Crippen molar-refractivity contribution in [2.45, 2.75) is 13.1 Å². The van der Waals surface area contributed by atoms with Gasteiger partial charge in [0.2, 0.25) is 0 Å². The van der Waals surface area contributed by atoms with Gasteiger partial charge < -0.3 is 10.6 Å². The lowest BCUT2D eigenvalue weighted by atomic mass is 10.0. The molecule has 4 rings (SSSR count). The Bertz CT molecular complexity index is 921. The smallest absolute Gasteiger partial charge is 0.255 e. The number of anilines is 1. The second-order valence-corrected chi connectivity index (χ2v) is 6.71. The number of carbonyl (C=O) groups excluding carboxylic acids is 1. The van der Waals surface area contributed by atoms with Crippen LogP contribution < -0.4 is 10.6 Å². The molecule has 0 bridgehead atoms. The van der Waals surface area contributed by atoms with E-state index < -0.39 is 6.17 Å². The molecule has 0 radical (unpaired) electrons. The standard InChI is InChI=1S/C19H15FN2OS/c1-11-4-2-5-14-17(11)21-18(22-19(14)23)13-8-7-12(10-15(13)20)16-6-3-9-24-16/h2-10,18,21H,1H3,(H,22,23)/t18-/m1/s1. The zero-order valence-electron chi connectivity index (χ0n) is 13.0. The number of halogens is 1. The van der Waals surface area contributed by atoms with E-state index in [0.717, 1.165) is 21.7 Å². The first-order chi connectivity index (χ1) is 11.6. The molecular formula is C19H15FN2OS. The summed E-state index contributed by atoms with van der Waals surface area (Å²) in [5, 5.41) is 8.02. The summed E-state index contributed by atoms with van der Waals surface area (Å²) in [6.07, 6.45) is -0.580. The predicted molar refractivity (Wildman–Crippen MR) is 94.7 cm³/mol. The molecular weight excluding hydrogens is 323 g/mol. The first-order valence-corrected chi connectivity index (χ1v) is 8.52. The Morgan fingerprint density at radius 1 is 1.08 bits per heavy atom. The average molecular weight is 338 g/mol. The third kappa shape index (κ3) is 2.47. The van der Waals surface area contributed by atoms with Gasteiger partial charge >= 0.3 is 0 Å². The van der Waals surface area contributed by atoms with Crippen molar-refractivity contribution >= 4 is 22.9 Å². The van der Waals surface area contributed by atoms with Crippen LogP contribution in [-0.4, -0.2) is 5.91 Å². The summed E-state index contributed by atoms with van der Waals surface area (Å²) < 4.78 is 14.6. The molecule has 0 aliphatic carbocycles. The summed E-state index contributed by atoms with van der Waals surface area (Å²) in [4.78, 5) is 13.3. The molecule has 1 aliphatic rings. The number of nitrogens with one attached hydrogen (secondary N) is 2. The van der Waals surface area contributed by atoms with Crippen molar-refractivity contribution in [3.8, 4) is 10.4 Å². The van der Waals surface area contributed by atoms with E-state index in [1.165, 1.54) is 6.07 Å². The fourth-order valence-electron chi connectivity index (χ4n) is 2.95. The number of carbonyl (C=O) groups is 1. The SMILES string of the molecule is Cc1cccc2c1N[C@@H](c1ccc(-c3cccs3)cc1F)NC2=O. The summed E-state index contributed by atoms with van der Waals surface area (Å²) >= 11 is 1.57. The molecule has 0 saturated carbocycles. The van der Waals surface area contributed by atoms with Gasteiger partial charge in [-0.3, -0.25) is 4.79 Å². The molecule has 1 amide bonds. The van der Waals surface area contributed by atoms with E-state index >= 15 is 0 Å². The number of hydrogen-bond acceptors (Lipinski definition) is 3. The molecule has 2 aromatic carbocycles. The Hall–Kier alpha value is -2.66. The number of aryl methyl sites for hydroxylation is 1. The summed E-state index contributed by atoms with van der Waals surface area (Å²) in [5.74, 6) is -0.532. The lowest BCUT2D eigenvalue weighted by Gasteiger charge is -2.29. The van der Waals surface area contributed by atoms with Gasteiger partial charge in [0.05, 0.1) is 11.3 Å². The molecule has 3 nitrogen and oxygen atoms in total. The van der Waals surface area contributed by atoms with Crippen molar-refractivity contribution < 1.29 is 9.18 Å². The number of rotatable bonds is 2. The van der Waals surface area contributed by atoms with Crippen molar-refractivity contribution in [3.63, 3.8) is 0 Å². The third-order valence-electron chi connectivity index (χ3n) is 4.20. The second kappa shape index (κ2) is 5.76. The summed E-state index contributed by atoms with van der Waals surface area (Å²) in [7, 11) is 0. The molecule has 1 aromatic heterocycles. The van der Waals surface area contributed by atoms with Gasteiger partial charge in [0.15, 0.2) is 0 Å². The molecule has 2 N–H and O–H groups in total. The predicted octanol–water partition coefficient (Wildman–Crippen LogP) is 4.72. The molecule has 2 heterocycles. The van der Waals surface area contributed by atoms with E-state index in [4.69, 9.17) is 0 Å². The highest BCUT2D eigenvalue weighted by molar-refractivity contribution is 7.13. The topological polar surface area (TPSA) is 41.1 Å². The van der Waals surface area contributed by atoms with E-state index in [1.807, 2.05) is 42.6 Å². The molecule has 5 heteroatoms. The molecule has 120 valence electrons. The minimum atomic E-state index is -0.580. The lowest BCUT2D eigenvalue weighted by Crippen LogP contribution is -2.39. The molecule has 24 heavy (non-hydrogen) atoms. The Balaban J connectivity index is 1.70. The fraction of sp³-hybridized carbons (Fsp3) is 0.105. The van der Waals surface area contributed by atoms with Crippen LogP contribution in [0, 0.1) is 12.7 Å². The number of hydrogen-bond donors (Lipinski definition) is 2. The van der Waals surface area contributed by atoms with Crippen LogP contribution in [0.15, 0.2) is 53.9 Å². The third-order valence-corrected chi connectivity index (χ3v) is 5.12. The average Bonchev–Trinajstić information content (AvgIpc) is 3.10. The maximum absolute atomic E-state index is 14.6. The second-order valence-electron chi connectivity index (χ2n) is 5.76. The van der Waals surface area contributed by atoms with E-state index in [-0.39, 0.29) is 11.7 Å². The lowest BCUT2D eigenvalue weighted by molar-refractivity contribution is 0.0935. The Labute approximate surface area is 143 Å². The fourth-order valence-corrected chi connectivity index (χ4v) is 3.67. The highest BCUT2D eigenvalue weighted by Crippen LogP contribution is 2.32. The monoisotopic (exact) mass is 338 g/mol. The van der Waals surface area contributed by atoms with E-state index in [2.05, 4.69) is 10.6 Å². The number of benzene rings is 2. The van der Waals surface area contributed by atoms with Gasteiger partial charge in [0.25, 0.3) is 5.91 Å². The van der Waals surface area contributed by atoms with Gasteiger partial charge in [-0.1, -0.05) is 30.3 Å². The van der Waals surface area contributed by atoms with Gasteiger partial charge in [-0.05, 0) is 41.6 Å². The Kier molecular flexibility index (Phi) is 3.58. The van der Waals surface area contributed by atoms with Crippen LogP contribution in [0.2, 0.25) is 0 Å². The molecule has 0 spiro atoms. The largest absolute Gasteiger partial charge is 0.361 e. The van der Waals surface area contributed by atoms with Crippen molar-refractivity contribution in [3.05, 3.63) is 76.4 Å². The van der Waals surface area contributed by atoms with Crippen molar-refractivity contribution in [1.29, 1.82) is 0 Å². The van der Waals surface area contributed by atoms with Gasteiger partial charge in [-0.15, -0.1) is 11.3 Å². The Morgan fingerprint density at radius 2 is 1.96 bits per heavy atom. The Morgan fingerprint density at radius 3 is 2.71 bits per heavy atom. The zero-order valence-corrected chi connectivity index (χ0v) is 13.8. The van der Waals surface area contributed by atoms with Crippen LogP contribution in [0.25, 0.3) is 10.4 Å². The van der Waals surface area contributed by atoms with Crippen molar-refractivity contribution in [1.82, 2.24) is 5.32 Å². The number of fused-ring (bicyclic) bond motifs is 1. The maximum atomic E-state index is 14.6. The minimum Gasteiger partial charge on any atom is -0.361 e. The van der Waals surface area contributed by atoms with Crippen molar-refractivity contribution in [2.75, 3.05) is 5.32 Å². The zero-order chi connectivity index (χ0) is 16.7. The van der Waals surface area contributed by atoms with Crippen LogP contribution in [0.5, 0.6) is 0 Å². The maximum Gasteiger partial charge on any atom is 0.255 e. The molecule has 0 unspecified atom stereocenters. The van der Waals surface area contributed by atoms with E-state index in [1.54, 1.807) is 23.5 Å². The van der Waals surface area contributed by atoms with Crippen molar-refractivity contribution in [2.24, 2.45) is 0 Å². The first-order valence-electron chi connectivity index (χ1n) is 7.64. The highest BCUT2D eigenvalue weighted by Gasteiger charge is 2.27. The highest BCUT2D eigenvalue weighted by atomic mass is 32.1. The van der Waals surface area contributed by atoms with E-state index in [0.29, 0.717) is 11.1 Å². The van der Waals surface area contributed by atoms with Crippen LogP contribution in [0.1, 0.15) is 27.7 Å². The molecule has 3 aromatic rings. The van der Waals surface area contributed by atoms with Crippen LogP contribution >= 0.6 is 11.3 Å². The van der Waals surface area contributed by atoms with Gasteiger partial charge in [-0.2, -0.15) is 0 Å². The summed E-state index contributed by atoms with van der Waals surface area (Å²) in [5.41, 5.74) is 3.57. The van der Waals surface area contributed by atoms with Crippen LogP contribution in [0.4, 0.5) is 10.1 Å². The number of amides is 1. The van der Waals surface area contributed by atoms with Crippen LogP contribution in [-0.2, 0) is 0 Å². The van der Waals surface area contributed by atoms with E-state index in [9.17, 15) is 9.18 Å². The van der Waals surface area contributed by atoms with Crippen LogP contribution in [0.3, 0.4) is 0 Å². The molecule has 0 fully saturated rings. The van der Waals surface area contributed by atoms with Gasteiger partial charge in [0, 0.05) is 10.4 Å². The molecule has 1 atom stereocenters. The molecule has 0 saturated heterocycles.